The largest absolute Gasteiger partial charge is 0.478 e. The number of rotatable bonds is 5. The van der Waals surface area contributed by atoms with Gasteiger partial charge in [0.15, 0.2) is 9.84 Å². The lowest BCUT2D eigenvalue weighted by Crippen LogP contribution is -2.24. The third-order valence-corrected chi connectivity index (χ3v) is 5.55. The zero-order valence-electron chi connectivity index (χ0n) is 11.1. The average molecular weight is 288 g/mol. The van der Waals surface area contributed by atoms with Gasteiger partial charge in [-0.25, -0.2) is 17.6 Å². The number of hydrogen-bond donors (Lipinski definition) is 1. The highest BCUT2D eigenvalue weighted by Crippen LogP contribution is 2.19. The highest BCUT2D eigenvalue weighted by atomic mass is 32.2. The van der Waals surface area contributed by atoms with Gasteiger partial charge in [0.1, 0.15) is 5.82 Å². The van der Waals surface area contributed by atoms with Crippen molar-refractivity contribution in [3.05, 3.63) is 35.1 Å². The molecule has 0 aliphatic carbocycles. The summed E-state index contributed by atoms with van der Waals surface area (Å²) in [6.45, 7) is 5.22. The summed E-state index contributed by atoms with van der Waals surface area (Å²) >= 11 is 0. The third-order valence-electron chi connectivity index (χ3n) is 3.14. The van der Waals surface area contributed by atoms with Gasteiger partial charge in [-0.3, -0.25) is 0 Å². The Kier molecular flexibility index (Phi) is 4.68. The van der Waals surface area contributed by atoms with Crippen molar-refractivity contribution in [2.24, 2.45) is 5.92 Å². The summed E-state index contributed by atoms with van der Waals surface area (Å²) in [5, 5.41) is 8.16. The molecule has 0 amide bonds. The number of carboxylic acid groups (broad SMARTS) is 1. The summed E-state index contributed by atoms with van der Waals surface area (Å²) in [6.07, 6.45) is 0. The van der Waals surface area contributed by atoms with Crippen LogP contribution in [0.3, 0.4) is 0 Å². The van der Waals surface area contributed by atoms with Gasteiger partial charge < -0.3 is 5.11 Å². The molecule has 6 heteroatoms. The highest BCUT2D eigenvalue weighted by Gasteiger charge is 2.24. The van der Waals surface area contributed by atoms with Crippen molar-refractivity contribution in [2.75, 3.05) is 0 Å². The standard InChI is InChI=1S/C13H17FO4S/c1-8(2)9(3)19(17,18)7-10-4-5-11(13(15)16)12(14)6-10/h4-6,8-9H,7H2,1-3H3,(H,15,16). The molecule has 1 rings (SSSR count). The van der Waals surface area contributed by atoms with Crippen LogP contribution < -0.4 is 0 Å². The van der Waals surface area contributed by atoms with Gasteiger partial charge in [-0.05, 0) is 30.5 Å². The fraction of sp³-hybridized carbons (Fsp3) is 0.462. The van der Waals surface area contributed by atoms with Gasteiger partial charge in [-0.15, -0.1) is 0 Å². The second kappa shape index (κ2) is 5.69. The van der Waals surface area contributed by atoms with E-state index in [1.807, 2.05) is 0 Å². The van der Waals surface area contributed by atoms with Gasteiger partial charge in [-0.1, -0.05) is 19.9 Å². The van der Waals surface area contributed by atoms with Crippen molar-refractivity contribution in [3.63, 3.8) is 0 Å². The molecule has 0 aliphatic heterocycles. The van der Waals surface area contributed by atoms with Crippen molar-refractivity contribution in [1.82, 2.24) is 0 Å². The molecule has 4 nitrogen and oxygen atoms in total. The summed E-state index contributed by atoms with van der Waals surface area (Å²) in [5.74, 6) is -2.61. The van der Waals surface area contributed by atoms with E-state index in [2.05, 4.69) is 0 Å². The molecule has 0 heterocycles. The Balaban J connectivity index is 3.02. The van der Waals surface area contributed by atoms with Gasteiger partial charge in [0.2, 0.25) is 0 Å². The first-order chi connectivity index (χ1) is 8.65. The third kappa shape index (κ3) is 3.76. The van der Waals surface area contributed by atoms with Crippen LogP contribution in [0, 0.1) is 11.7 Å². The first kappa shape index (κ1) is 15.6. The average Bonchev–Trinajstić information content (AvgIpc) is 2.26. The number of hydrogen-bond acceptors (Lipinski definition) is 3. The molecule has 0 saturated heterocycles. The lowest BCUT2D eigenvalue weighted by Gasteiger charge is -2.16. The molecule has 0 fully saturated rings. The van der Waals surface area contributed by atoms with Crippen molar-refractivity contribution < 1.29 is 22.7 Å². The minimum absolute atomic E-state index is 0.0341. The van der Waals surface area contributed by atoms with Crippen LogP contribution >= 0.6 is 0 Å². The van der Waals surface area contributed by atoms with Crippen molar-refractivity contribution in [1.29, 1.82) is 0 Å². The molecular weight excluding hydrogens is 271 g/mol. The number of halogens is 1. The van der Waals surface area contributed by atoms with Crippen molar-refractivity contribution in [2.45, 2.75) is 31.8 Å². The minimum atomic E-state index is -3.38. The van der Waals surface area contributed by atoms with E-state index in [1.165, 1.54) is 6.07 Å². The van der Waals surface area contributed by atoms with E-state index in [1.54, 1.807) is 20.8 Å². The van der Waals surface area contributed by atoms with E-state index < -0.39 is 32.4 Å². The van der Waals surface area contributed by atoms with Gasteiger partial charge in [0.25, 0.3) is 0 Å². The number of sulfone groups is 1. The maximum atomic E-state index is 13.5. The Hall–Kier alpha value is -1.43. The maximum Gasteiger partial charge on any atom is 0.338 e. The molecule has 0 radical (unpaired) electrons. The molecule has 1 aromatic rings. The second-order valence-corrected chi connectivity index (χ2v) is 7.23. The van der Waals surface area contributed by atoms with Crippen LogP contribution in [-0.2, 0) is 15.6 Å². The lowest BCUT2D eigenvalue weighted by atomic mass is 10.1. The van der Waals surface area contributed by atoms with Crippen LogP contribution in [0.25, 0.3) is 0 Å². The highest BCUT2D eigenvalue weighted by molar-refractivity contribution is 7.91. The molecule has 1 unspecified atom stereocenters. The topological polar surface area (TPSA) is 71.4 Å². The van der Waals surface area contributed by atoms with Crippen LogP contribution in [0.2, 0.25) is 0 Å². The Morgan fingerprint density at radius 3 is 2.32 bits per heavy atom. The number of carbonyl (C=O) groups is 1. The monoisotopic (exact) mass is 288 g/mol. The maximum absolute atomic E-state index is 13.5. The molecule has 0 saturated carbocycles. The van der Waals surface area contributed by atoms with Crippen molar-refractivity contribution >= 4 is 15.8 Å². The van der Waals surface area contributed by atoms with Crippen LogP contribution in [0.15, 0.2) is 18.2 Å². The van der Waals surface area contributed by atoms with Crippen LogP contribution in [0.4, 0.5) is 4.39 Å². The molecule has 0 aliphatic rings. The van der Waals surface area contributed by atoms with E-state index in [9.17, 15) is 17.6 Å². The van der Waals surface area contributed by atoms with Gasteiger partial charge in [-0.2, -0.15) is 0 Å². The van der Waals surface area contributed by atoms with Gasteiger partial charge in [0, 0.05) is 0 Å². The minimum Gasteiger partial charge on any atom is -0.478 e. The van der Waals surface area contributed by atoms with E-state index in [0.29, 0.717) is 0 Å². The Labute approximate surface area is 112 Å². The molecule has 0 spiro atoms. The van der Waals surface area contributed by atoms with E-state index in [0.717, 1.165) is 12.1 Å². The second-order valence-electron chi connectivity index (χ2n) is 4.88. The molecule has 0 bridgehead atoms. The Bertz CT molecular complexity index is 578. The normalized spacial score (nSPS) is 13.5. The van der Waals surface area contributed by atoms with E-state index >= 15 is 0 Å². The molecular formula is C13H17FO4S. The zero-order chi connectivity index (χ0) is 14.8. The predicted octanol–water partition coefficient (Wildman–Crippen LogP) is 2.48. The molecule has 1 aromatic carbocycles. The van der Waals surface area contributed by atoms with E-state index in [-0.39, 0.29) is 17.2 Å². The summed E-state index contributed by atoms with van der Waals surface area (Å²) in [7, 11) is -3.38. The molecule has 1 N–H and O–H groups in total. The quantitative estimate of drug-likeness (QED) is 0.903. The first-order valence-corrected chi connectivity index (χ1v) is 7.60. The first-order valence-electron chi connectivity index (χ1n) is 5.88. The molecule has 19 heavy (non-hydrogen) atoms. The molecule has 1 atom stereocenters. The zero-order valence-corrected chi connectivity index (χ0v) is 11.9. The fourth-order valence-corrected chi connectivity index (χ4v) is 3.34. The molecule has 106 valence electrons. The smallest absolute Gasteiger partial charge is 0.338 e. The predicted molar refractivity (Wildman–Crippen MR) is 70.3 cm³/mol. The SMILES string of the molecule is CC(C)C(C)S(=O)(=O)Cc1ccc(C(=O)O)c(F)c1. The van der Waals surface area contributed by atoms with Crippen LogP contribution in [0.1, 0.15) is 36.7 Å². The van der Waals surface area contributed by atoms with Crippen LogP contribution in [-0.4, -0.2) is 24.7 Å². The van der Waals surface area contributed by atoms with Gasteiger partial charge >= 0.3 is 5.97 Å². The van der Waals surface area contributed by atoms with Crippen LogP contribution in [0.5, 0.6) is 0 Å². The number of benzene rings is 1. The lowest BCUT2D eigenvalue weighted by molar-refractivity contribution is 0.0692. The van der Waals surface area contributed by atoms with Crippen molar-refractivity contribution in [3.8, 4) is 0 Å². The summed E-state index contributed by atoms with van der Waals surface area (Å²) in [4.78, 5) is 10.7. The van der Waals surface area contributed by atoms with E-state index in [4.69, 9.17) is 5.11 Å². The number of carboxylic acids is 1. The van der Waals surface area contributed by atoms with Gasteiger partial charge in [0.05, 0.1) is 16.6 Å². The summed E-state index contributed by atoms with van der Waals surface area (Å²) in [6, 6.07) is 3.38. The number of aromatic carboxylic acids is 1. The molecule has 0 aromatic heterocycles. The summed E-state index contributed by atoms with van der Waals surface area (Å²) < 4.78 is 37.5. The Morgan fingerprint density at radius 2 is 1.89 bits per heavy atom. The Morgan fingerprint density at radius 1 is 1.32 bits per heavy atom. The fourth-order valence-electron chi connectivity index (χ4n) is 1.60. The summed E-state index contributed by atoms with van der Waals surface area (Å²) in [5.41, 5.74) is -0.201.